The van der Waals surface area contributed by atoms with Gasteiger partial charge in [-0.25, -0.2) is 0 Å². The van der Waals surface area contributed by atoms with Gasteiger partial charge < -0.3 is 5.32 Å². The molecule has 0 aliphatic heterocycles. The van der Waals surface area contributed by atoms with Crippen molar-refractivity contribution >= 4 is 5.91 Å². The second-order valence-corrected chi connectivity index (χ2v) is 6.72. The van der Waals surface area contributed by atoms with Crippen molar-refractivity contribution in [3.63, 3.8) is 0 Å². The lowest BCUT2D eigenvalue weighted by atomic mass is 10.1. The highest BCUT2D eigenvalue weighted by Crippen LogP contribution is 2.10. The molecule has 1 amide bonds. The van der Waals surface area contributed by atoms with Crippen LogP contribution in [0.3, 0.4) is 0 Å². The van der Waals surface area contributed by atoms with Crippen LogP contribution in [-0.4, -0.2) is 26.7 Å². The molecule has 0 aliphatic carbocycles. The smallest absolute Gasteiger partial charge is 0.251 e. The third-order valence-corrected chi connectivity index (χ3v) is 4.29. The van der Waals surface area contributed by atoms with Crippen molar-refractivity contribution in [2.75, 3.05) is 0 Å². The Morgan fingerprint density at radius 3 is 2.54 bits per heavy atom. The van der Waals surface area contributed by atoms with Crippen molar-refractivity contribution in [3.8, 4) is 0 Å². The highest BCUT2D eigenvalue weighted by molar-refractivity contribution is 5.94. The summed E-state index contributed by atoms with van der Waals surface area (Å²) in [6, 6.07) is 13.7. The molecule has 0 saturated carbocycles. The lowest BCUT2D eigenvalue weighted by molar-refractivity contribution is 0.0940. The summed E-state index contributed by atoms with van der Waals surface area (Å²) in [5, 5.41) is 7.52. The monoisotopic (exact) mass is 348 g/mol. The van der Waals surface area contributed by atoms with E-state index in [0.717, 1.165) is 28.9 Å². The average Bonchev–Trinajstić information content (AvgIpc) is 2.93. The molecule has 1 N–H and O–H groups in total. The largest absolute Gasteiger partial charge is 0.349 e. The predicted octanol–water partition coefficient (Wildman–Crippen LogP) is 3.30. The van der Waals surface area contributed by atoms with E-state index in [1.54, 1.807) is 6.20 Å². The molecule has 0 bridgehead atoms. The molecule has 26 heavy (non-hydrogen) atoms. The van der Waals surface area contributed by atoms with E-state index in [2.05, 4.69) is 21.5 Å². The van der Waals surface area contributed by atoms with E-state index in [9.17, 15) is 4.79 Å². The Hall–Kier alpha value is -2.95. The maximum absolute atomic E-state index is 12.4. The molecule has 1 unspecified atom stereocenters. The number of amides is 1. The van der Waals surface area contributed by atoms with E-state index >= 15 is 0 Å². The molecule has 1 aromatic carbocycles. The van der Waals surface area contributed by atoms with Crippen molar-refractivity contribution in [1.82, 2.24) is 20.1 Å². The third kappa shape index (κ3) is 4.57. The lowest BCUT2D eigenvalue weighted by Gasteiger charge is -2.14. The second-order valence-electron chi connectivity index (χ2n) is 6.72. The molecule has 2 aromatic heterocycles. The number of nitrogens with one attached hydrogen (secondary N) is 1. The van der Waals surface area contributed by atoms with Crippen LogP contribution in [-0.2, 0) is 13.0 Å². The lowest BCUT2D eigenvalue weighted by Crippen LogP contribution is -2.34. The first-order valence-electron chi connectivity index (χ1n) is 8.81. The Morgan fingerprint density at radius 2 is 1.92 bits per heavy atom. The highest BCUT2D eigenvalue weighted by atomic mass is 16.1. The first-order chi connectivity index (χ1) is 12.5. The van der Waals surface area contributed by atoms with Crippen LogP contribution in [0.2, 0.25) is 0 Å². The summed E-state index contributed by atoms with van der Waals surface area (Å²) in [6.45, 7) is 6.75. The quantitative estimate of drug-likeness (QED) is 0.743. The number of hydrogen-bond donors (Lipinski definition) is 1. The molecule has 5 nitrogen and oxygen atoms in total. The number of hydrogen-bond acceptors (Lipinski definition) is 3. The summed E-state index contributed by atoms with van der Waals surface area (Å²) in [5.74, 6) is -0.0564. The van der Waals surface area contributed by atoms with Crippen LogP contribution >= 0.6 is 0 Å². The zero-order valence-corrected chi connectivity index (χ0v) is 15.4. The molecule has 5 heteroatoms. The van der Waals surface area contributed by atoms with Gasteiger partial charge in [0.2, 0.25) is 0 Å². The Labute approximate surface area is 154 Å². The molecule has 0 spiro atoms. The Balaban J connectivity index is 1.59. The minimum Gasteiger partial charge on any atom is -0.349 e. The van der Waals surface area contributed by atoms with Crippen LogP contribution < -0.4 is 5.32 Å². The Bertz CT molecular complexity index is 869. The minimum atomic E-state index is -0.0564. The van der Waals surface area contributed by atoms with Crippen LogP contribution in [0.1, 0.15) is 39.8 Å². The predicted molar refractivity (Wildman–Crippen MR) is 102 cm³/mol. The maximum atomic E-state index is 12.4. The fraction of sp³-hybridized carbons (Fsp3) is 0.286. The van der Waals surface area contributed by atoms with Gasteiger partial charge in [0.15, 0.2) is 0 Å². The molecular weight excluding hydrogens is 324 g/mol. The average molecular weight is 348 g/mol. The van der Waals surface area contributed by atoms with E-state index < -0.39 is 0 Å². The van der Waals surface area contributed by atoms with Crippen LogP contribution in [0, 0.1) is 13.8 Å². The molecule has 0 aliphatic rings. The molecule has 134 valence electrons. The summed E-state index contributed by atoms with van der Waals surface area (Å²) in [4.78, 5) is 16.5. The fourth-order valence-electron chi connectivity index (χ4n) is 3.00. The van der Waals surface area contributed by atoms with Gasteiger partial charge in [0.25, 0.3) is 5.91 Å². The van der Waals surface area contributed by atoms with Crippen LogP contribution in [0.5, 0.6) is 0 Å². The number of nitrogens with zero attached hydrogens (tertiary/aromatic N) is 3. The second kappa shape index (κ2) is 7.95. The SMILES string of the molecule is Cc1cc(C)n(Cc2ccc(C(=O)NC(C)Cc3cccnc3)cc2)n1. The van der Waals surface area contributed by atoms with Gasteiger partial charge in [-0.15, -0.1) is 0 Å². The van der Waals surface area contributed by atoms with Crippen LogP contribution in [0.25, 0.3) is 0 Å². The number of aromatic nitrogens is 3. The van der Waals surface area contributed by atoms with Crippen molar-refractivity contribution in [1.29, 1.82) is 0 Å². The standard InChI is InChI=1S/C21H24N4O/c1-15(12-19-5-4-10-22-13-19)23-21(26)20-8-6-18(7-9-20)14-25-17(3)11-16(2)24-25/h4-11,13,15H,12,14H2,1-3H3,(H,23,26). The molecule has 3 rings (SSSR count). The normalized spacial score (nSPS) is 12.0. The topological polar surface area (TPSA) is 59.8 Å². The molecular formula is C21H24N4O. The Kier molecular flexibility index (Phi) is 5.46. The maximum Gasteiger partial charge on any atom is 0.251 e. The Morgan fingerprint density at radius 1 is 1.15 bits per heavy atom. The molecule has 2 heterocycles. The van der Waals surface area contributed by atoms with Gasteiger partial charge in [0, 0.05) is 29.7 Å². The molecule has 0 fully saturated rings. The summed E-state index contributed by atoms with van der Waals surface area (Å²) >= 11 is 0. The third-order valence-electron chi connectivity index (χ3n) is 4.29. The highest BCUT2D eigenvalue weighted by Gasteiger charge is 2.11. The van der Waals surface area contributed by atoms with E-state index in [-0.39, 0.29) is 11.9 Å². The van der Waals surface area contributed by atoms with Crippen LogP contribution in [0.15, 0.2) is 54.9 Å². The minimum absolute atomic E-state index is 0.0427. The van der Waals surface area contributed by atoms with Gasteiger partial charge in [-0.3, -0.25) is 14.5 Å². The summed E-state index contributed by atoms with van der Waals surface area (Å²) in [5.41, 5.74) is 5.05. The van der Waals surface area contributed by atoms with Gasteiger partial charge in [-0.1, -0.05) is 18.2 Å². The van der Waals surface area contributed by atoms with E-state index in [1.165, 1.54) is 0 Å². The number of pyridine rings is 1. The molecule has 3 aromatic rings. The van der Waals surface area contributed by atoms with Crippen molar-refractivity contribution in [2.45, 2.75) is 39.8 Å². The van der Waals surface area contributed by atoms with Gasteiger partial charge in [-0.2, -0.15) is 5.10 Å². The number of benzene rings is 1. The van der Waals surface area contributed by atoms with Crippen molar-refractivity contribution < 1.29 is 4.79 Å². The number of aryl methyl sites for hydroxylation is 2. The van der Waals surface area contributed by atoms with Gasteiger partial charge in [0.1, 0.15) is 0 Å². The molecule has 0 radical (unpaired) electrons. The first kappa shape index (κ1) is 17.9. The van der Waals surface area contributed by atoms with E-state index in [4.69, 9.17) is 0 Å². The van der Waals surface area contributed by atoms with Gasteiger partial charge >= 0.3 is 0 Å². The van der Waals surface area contributed by atoms with Crippen molar-refractivity contribution in [3.05, 3.63) is 82.9 Å². The zero-order valence-electron chi connectivity index (χ0n) is 15.4. The van der Waals surface area contributed by atoms with Gasteiger partial charge in [-0.05, 0) is 62.6 Å². The summed E-state index contributed by atoms with van der Waals surface area (Å²) < 4.78 is 1.97. The summed E-state index contributed by atoms with van der Waals surface area (Å²) in [7, 11) is 0. The zero-order chi connectivity index (χ0) is 18.5. The fourth-order valence-corrected chi connectivity index (χ4v) is 3.00. The number of rotatable bonds is 6. The molecule has 1 atom stereocenters. The number of carbonyl (C=O) groups is 1. The van der Waals surface area contributed by atoms with E-state index in [1.807, 2.05) is 68.0 Å². The van der Waals surface area contributed by atoms with E-state index in [0.29, 0.717) is 12.1 Å². The van der Waals surface area contributed by atoms with Crippen molar-refractivity contribution in [2.24, 2.45) is 0 Å². The number of carbonyl (C=O) groups excluding carboxylic acids is 1. The first-order valence-corrected chi connectivity index (χ1v) is 8.81. The molecule has 0 saturated heterocycles. The van der Waals surface area contributed by atoms with Crippen LogP contribution in [0.4, 0.5) is 0 Å². The summed E-state index contributed by atoms with van der Waals surface area (Å²) in [6.07, 6.45) is 4.34. The van der Waals surface area contributed by atoms with Gasteiger partial charge in [0.05, 0.1) is 12.2 Å².